The monoisotopic (exact) mass is 484 g/mol. The lowest BCUT2D eigenvalue weighted by Gasteiger charge is -2.38. The predicted molar refractivity (Wildman–Crippen MR) is 111 cm³/mol. The van der Waals surface area contributed by atoms with Crippen LogP contribution in [0.2, 0.25) is 0 Å². The first-order chi connectivity index (χ1) is 16.0. The van der Waals surface area contributed by atoms with Gasteiger partial charge < -0.3 is 14.5 Å². The molecule has 34 heavy (non-hydrogen) atoms. The molecule has 1 aliphatic heterocycles. The van der Waals surface area contributed by atoms with Gasteiger partial charge in [-0.1, -0.05) is 30.3 Å². The number of alkyl halides is 6. The number of nitrogens with zero attached hydrogens (tertiary/aromatic N) is 1. The van der Waals surface area contributed by atoms with E-state index in [1.165, 1.54) is 6.92 Å². The lowest BCUT2D eigenvalue weighted by molar-refractivity contribution is -0.202. The van der Waals surface area contributed by atoms with Crippen LogP contribution in [0.5, 0.6) is 0 Å². The molecule has 1 N–H and O–H groups in total. The average molecular weight is 484 g/mol. The highest BCUT2D eigenvalue weighted by Gasteiger charge is 2.41. The van der Waals surface area contributed by atoms with E-state index in [0.29, 0.717) is 31.0 Å². The summed E-state index contributed by atoms with van der Waals surface area (Å²) >= 11 is 0. The molecule has 0 radical (unpaired) electrons. The summed E-state index contributed by atoms with van der Waals surface area (Å²) in [5, 5.41) is 0. The molecule has 4 rings (SSSR count). The molecular weight excluding hydrogens is 462 g/mol. The van der Waals surface area contributed by atoms with Gasteiger partial charge in [-0.05, 0) is 42.7 Å². The van der Waals surface area contributed by atoms with E-state index in [1.54, 1.807) is 12.4 Å². The van der Waals surface area contributed by atoms with Crippen LogP contribution in [-0.4, -0.2) is 22.9 Å². The fraction of sp³-hybridized carbons (Fsp3) is 0.375. The standard InChI is InChI=1S/C24H22F6N2O2/c1-14(16-11-17(23(25,26)27)13-18(12-16)24(28,29)30)34-22-20(15-5-3-2-4-6-15)19(7-10-33-22)21-31-8-9-32-21/h2-6,8-9,11-14,19-20,22H,7,10H2,1H3,(H,31,32)/t14-,19-,20+,22-/m1/s1. The van der Waals surface area contributed by atoms with Gasteiger partial charge >= 0.3 is 12.4 Å². The third-order valence-corrected chi connectivity index (χ3v) is 5.91. The number of imidazole rings is 1. The Balaban J connectivity index is 1.68. The van der Waals surface area contributed by atoms with Crippen molar-refractivity contribution >= 4 is 0 Å². The SMILES string of the molecule is C[C@@H](O[C@H]1OCC[C@@H](c2ncc[nH]2)[C@@H]1c1ccccc1)c1cc(C(F)(F)F)cc(C(F)(F)F)c1. The van der Waals surface area contributed by atoms with E-state index in [0.717, 1.165) is 5.56 Å². The number of nitrogens with one attached hydrogen (secondary N) is 1. The molecule has 2 aromatic carbocycles. The van der Waals surface area contributed by atoms with Crippen LogP contribution in [-0.2, 0) is 21.8 Å². The second-order valence-electron chi connectivity index (χ2n) is 8.16. The highest BCUT2D eigenvalue weighted by atomic mass is 19.4. The number of ether oxygens (including phenoxy) is 2. The highest BCUT2D eigenvalue weighted by Crippen LogP contribution is 2.44. The number of H-pyrrole nitrogens is 1. The first-order valence-corrected chi connectivity index (χ1v) is 10.6. The maximum atomic E-state index is 13.3. The molecular formula is C24H22F6N2O2. The summed E-state index contributed by atoms with van der Waals surface area (Å²) in [4.78, 5) is 7.44. The van der Waals surface area contributed by atoms with Gasteiger partial charge in [0.15, 0.2) is 6.29 Å². The summed E-state index contributed by atoms with van der Waals surface area (Å²) in [7, 11) is 0. The normalized spacial score (nSPS) is 22.5. The number of hydrogen-bond donors (Lipinski definition) is 1. The van der Waals surface area contributed by atoms with E-state index in [9.17, 15) is 26.3 Å². The number of hydrogen-bond acceptors (Lipinski definition) is 3. The van der Waals surface area contributed by atoms with Crippen LogP contribution < -0.4 is 0 Å². The minimum absolute atomic E-state index is 0.104. The van der Waals surface area contributed by atoms with Crippen LogP contribution in [0.3, 0.4) is 0 Å². The van der Waals surface area contributed by atoms with Crippen LogP contribution >= 0.6 is 0 Å². The van der Waals surface area contributed by atoms with Crippen molar-refractivity contribution < 1.29 is 35.8 Å². The van der Waals surface area contributed by atoms with Gasteiger partial charge in [0.05, 0.1) is 23.8 Å². The van der Waals surface area contributed by atoms with Gasteiger partial charge in [-0.2, -0.15) is 26.3 Å². The molecule has 4 atom stereocenters. The topological polar surface area (TPSA) is 47.1 Å². The highest BCUT2D eigenvalue weighted by molar-refractivity contribution is 5.35. The Morgan fingerprint density at radius 1 is 1.00 bits per heavy atom. The van der Waals surface area contributed by atoms with Crippen molar-refractivity contribution in [2.45, 2.75) is 49.9 Å². The summed E-state index contributed by atoms with van der Waals surface area (Å²) in [6.45, 7) is 1.71. The van der Waals surface area contributed by atoms with Crippen LogP contribution in [0.15, 0.2) is 60.9 Å². The van der Waals surface area contributed by atoms with Gasteiger partial charge in [-0.15, -0.1) is 0 Å². The van der Waals surface area contributed by atoms with E-state index >= 15 is 0 Å². The van der Waals surface area contributed by atoms with Crippen molar-refractivity contribution in [3.8, 4) is 0 Å². The zero-order valence-corrected chi connectivity index (χ0v) is 18.0. The molecule has 0 unspecified atom stereocenters. The van der Waals surface area contributed by atoms with E-state index < -0.39 is 35.9 Å². The Morgan fingerprint density at radius 3 is 2.21 bits per heavy atom. The zero-order valence-electron chi connectivity index (χ0n) is 18.0. The van der Waals surface area contributed by atoms with Gasteiger partial charge in [-0.3, -0.25) is 0 Å². The summed E-state index contributed by atoms with van der Waals surface area (Å²) in [5.41, 5.74) is -2.14. The largest absolute Gasteiger partial charge is 0.416 e. The maximum Gasteiger partial charge on any atom is 0.416 e. The van der Waals surface area contributed by atoms with E-state index in [2.05, 4.69) is 9.97 Å². The van der Waals surface area contributed by atoms with E-state index in [1.807, 2.05) is 30.3 Å². The van der Waals surface area contributed by atoms with Gasteiger partial charge in [-0.25, -0.2) is 4.98 Å². The maximum absolute atomic E-state index is 13.3. The Bertz CT molecular complexity index is 1050. The van der Waals surface area contributed by atoms with Gasteiger partial charge in [0.1, 0.15) is 5.82 Å². The Morgan fingerprint density at radius 2 is 1.65 bits per heavy atom. The summed E-state index contributed by atoms with van der Waals surface area (Å²) < 4.78 is 91.7. The lowest BCUT2D eigenvalue weighted by Crippen LogP contribution is -2.36. The molecule has 1 fully saturated rings. The average Bonchev–Trinajstić information content (AvgIpc) is 3.33. The van der Waals surface area contributed by atoms with Crippen LogP contribution in [0.25, 0.3) is 0 Å². The molecule has 182 valence electrons. The number of halogens is 6. The van der Waals surface area contributed by atoms with Crippen LogP contribution in [0.1, 0.15) is 59.4 Å². The molecule has 2 heterocycles. The second kappa shape index (κ2) is 9.42. The Hall–Kier alpha value is -2.85. The van der Waals surface area contributed by atoms with Gasteiger partial charge in [0.25, 0.3) is 0 Å². The molecule has 10 heteroatoms. The Kier molecular flexibility index (Phi) is 6.73. The first-order valence-electron chi connectivity index (χ1n) is 10.6. The smallest absolute Gasteiger partial charge is 0.352 e. The summed E-state index contributed by atoms with van der Waals surface area (Å²) in [6, 6.07) is 10.7. The first kappa shape index (κ1) is 24.3. The number of benzene rings is 2. The number of aromatic amines is 1. The van der Waals surface area contributed by atoms with Crippen molar-refractivity contribution in [3.63, 3.8) is 0 Å². The summed E-state index contributed by atoms with van der Waals surface area (Å²) in [6.07, 6.45) is -7.97. The van der Waals surface area contributed by atoms with Crippen molar-refractivity contribution in [2.75, 3.05) is 6.61 Å². The van der Waals surface area contributed by atoms with E-state index in [-0.39, 0.29) is 23.5 Å². The van der Waals surface area contributed by atoms with Gasteiger partial charge in [0.2, 0.25) is 0 Å². The third-order valence-electron chi connectivity index (χ3n) is 5.91. The fourth-order valence-corrected chi connectivity index (χ4v) is 4.25. The van der Waals surface area contributed by atoms with Crippen LogP contribution in [0.4, 0.5) is 26.3 Å². The molecule has 0 saturated carbocycles. The molecule has 4 nitrogen and oxygen atoms in total. The molecule has 0 amide bonds. The van der Waals surface area contributed by atoms with Crippen molar-refractivity contribution in [3.05, 3.63) is 89.0 Å². The quantitative estimate of drug-likeness (QED) is 0.404. The number of aromatic nitrogens is 2. The fourth-order valence-electron chi connectivity index (χ4n) is 4.25. The van der Waals surface area contributed by atoms with Crippen LogP contribution in [0, 0.1) is 0 Å². The van der Waals surface area contributed by atoms with Crippen molar-refractivity contribution in [1.82, 2.24) is 9.97 Å². The molecule has 0 spiro atoms. The Labute approximate surface area is 191 Å². The van der Waals surface area contributed by atoms with E-state index in [4.69, 9.17) is 9.47 Å². The molecule has 3 aromatic rings. The molecule has 1 saturated heterocycles. The van der Waals surface area contributed by atoms with Gasteiger partial charge in [0, 0.05) is 24.2 Å². The summed E-state index contributed by atoms with van der Waals surface area (Å²) in [5.74, 6) is 0.184. The molecule has 1 aromatic heterocycles. The minimum Gasteiger partial charge on any atom is -0.352 e. The minimum atomic E-state index is -4.94. The van der Waals surface area contributed by atoms with Crippen molar-refractivity contribution in [1.29, 1.82) is 0 Å². The predicted octanol–water partition coefficient (Wildman–Crippen LogP) is 6.84. The van der Waals surface area contributed by atoms with Crippen molar-refractivity contribution in [2.24, 2.45) is 0 Å². The number of rotatable bonds is 5. The molecule has 0 aliphatic carbocycles. The third kappa shape index (κ3) is 5.28. The second-order valence-corrected chi connectivity index (χ2v) is 8.16. The molecule has 0 bridgehead atoms. The zero-order chi connectivity index (χ0) is 24.5. The lowest BCUT2D eigenvalue weighted by atomic mass is 9.81. The molecule has 1 aliphatic rings.